The van der Waals surface area contributed by atoms with Crippen molar-refractivity contribution in [2.45, 2.75) is 39.9 Å². The molecule has 1 heterocycles. The van der Waals surface area contributed by atoms with Crippen LogP contribution >= 0.6 is 0 Å². The zero-order chi connectivity index (χ0) is 20.1. The highest BCUT2D eigenvalue weighted by molar-refractivity contribution is 5.89. The first-order valence-electron chi connectivity index (χ1n) is 9.45. The molecule has 1 N–H and O–H groups in total. The summed E-state index contributed by atoms with van der Waals surface area (Å²) < 4.78 is 15.5. The number of halogens is 1. The number of carbonyl (C=O) groups is 1. The number of anilines is 1. The van der Waals surface area contributed by atoms with E-state index in [4.69, 9.17) is 0 Å². The Balaban J connectivity index is 1.73. The Hall–Kier alpha value is -3.08. The highest BCUT2D eigenvalue weighted by Gasteiger charge is 2.19. The monoisotopic (exact) mass is 379 g/mol. The second-order valence-corrected chi connectivity index (χ2v) is 7.28. The highest BCUT2D eigenvalue weighted by atomic mass is 19.1. The maximum atomic E-state index is 13.4. The number of nitrogens with one attached hydrogen (secondary N) is 1. The molecule has 0 saturated carbocycles. The van der Waals surface area contributed by atoms with Gasteiger partial charge in [-0.3, -0.25) is 0 Å². The molecule has 1 aromatic heterocycles. The summed E-state index contributed by atoms with van der Waals surface area (Å²) in [7, 11) is 0. The second-order valence-electron chi connectivity index (χ2n) is 7.28. The number of rotatable bonds is 6. The van der Waals surface area contributed by atoms with Crippen LogP contribution < -0.4 is 5.32 Å². The van der Waals surface area contributed by atoms with Crippen molar-refractivity contribution in [3.8, 4) is 0 Å². The third kappa shape index (κ3) is 5.00. The van der Waals surface area contributed by atoms with Crippen LogP contribution in [0.3, 0.4) is 0 Å². The minimum absolute atomic E-state index is 0.00344. The smallest absolute Gasteiger partial charge is 0.322 e. The van der Waals surface area contributed by atoms with Crippen molar-refractivity contribution < 1.29 is 9.18 Å². The Labute approximate surface area is 165 Å². The maximum absolute atomic E-state index is 13.4. The molecule has 5 heteroatoms. The Morgan fingerprint density at radius 2 is 1.86 bits per heavy atom. The number of nitrogens with zero attached hydrogens (tertiary/aromatic N) is 2. The molecule has 0 bridgehead atoms. The quantitative estimate of drug-likeness (QED) is 0.609. The minimum Gasteiger partial charge on any atom is -0.345 e. The third-order valence-corrected chi connectivity index (χ3v) is 4.69. The van der Waals surface area contributed by atoms with Crippen molar-refractivity contribution >= 4 is 11.7 Å². The van der Waals surface area contributed by atoms with Gasteiger partial charge < -0.3 is 14.8 Å². The van der Waals surface area contributed by atoms with Crippen molar-refractivity contribution in [2.75, 3.05) is 5.32 Å². The fourth-order valence-corrected chi connectivity index (χ4v) is 3.06. The van der Waals surface area contributed by atoms with Crippen molar-refractivity contribution in [1.82, 2.24) is 9.47 Å². The summed E-state index contributed by atoms with van der Waals surface area (Å²) in [5, 5.41) is 2.79. The number of carbonyl (C=O) groups excluding carboxylic acids is 1. The maximum Gasteiger partial charge on any atom is 0.322 e. The van der Waals surface area contributed by atoms with E-state index in [-0.39, 0.29) is 17.9 Å². The fraction of sp³-hybridized carbons (Fsp3) is 0.261. The van der Waals surface area contributed by atoms with Crippen LogP contribution in [0.5, 0.6) is 0 Å². The molecule has 3 aromatic rings. The summed E-state index contributed by atoms with van der Waals surface area (Å²) >= 11 is 0. The Morgan fingerprint density at radius 1 is 1.11 bits per heavy atom. The molecular formula is C23H26FN3O. The van der Waals surface area contributed by atoms with E-state index in [1.807, 2.05) is 32.2 Å². The summed E-state index contributed by atoms with van der Waals surface area (Å²) in [4.78, 5) is 14.5. The van der Waals surface area contributed by atoms with Gasteiger partial charge in [-0.2, -0.15) is 0 Å². The lowest BCUT2D eigenvalue weighted by Crippen LogP contribution is -2.40. The predicted octanol–water partition coefficient (Wildman–Crippen LogP) is 5.43. The first kappa shape index (κ1) is 19.7. The van der Waals surface area contributed by atoms with Crippen LogP contribution in [0, 0.1) is 12.7 Å². The van der Waals surface area contributed by atoms with E-state index in [1.165, 1.54) is 23.3 Å². The van der Waals surface area contributed by atoms with Gasteiger partial charge in [-0.25, -0.2) is 9.18 Å². The molecule has 0 aliphatic heterocycles. The summed E-state index contributed by atoms with van der Waals surface area (Å²) in [6, 6.07) is 18.1. The SMILES string of the molecule is Cc1ccc(Cn2cccc2CN(C(=O)Nc2cccc(F)c2)C(C)C)cc1. The van der Waals surface area contributed by atoms with Crippen LogP contribution in [0.1, 0.15) is 30.7 Å². The van der Waals surface area contributed by atoms with Crippen LogP contribution in [0.4, 0.5) is 14.9 Å². The molecule has 0 fully saturated rings. The minimum atomic E-state index is -0.374. The van der Waals surface area contributed by atoms with E-state index >= 15 is 0 Å². The number of hydrogen-bond acceptors (Lipinski definition) is 1. The molecule has 0 saturated heterocycles. The lowest BCUT2D eigenvalue weighted by atomic mass is 10.1. The number of aromatic nitrogens is 1. The van der Waals surface area contributed by atoms with E-state index in [0.717, 1.165) is 12.2 Å². The molecule has 4 nitrogen and oxygen atoms in total. The summed E-state index contributed by atoms with van der Waals surface area (Å²) in [5.41, 5.74) is 3.94. The largest absolute Gasteiger partial charge is 0.345 e. The van der Waals surface area contributed by atoms with E-state index in [2.05, 4.69) is 41.1 Å². The molecular weight excluding hydrogens is 353 g/mol. The molecule has 0 aliphatic rings. The van der Waals surface area contributed by atoms with Gasteiger partial charge in [0.05, 0.1) is 6.54 Å². The zero-order valence-corrected chi connectivity index (χ0v) is 16.5. The van der Waals surface area contributed by atoms with Gasteiger partial charge in [-0.15, -0.1) is 0 Å². The predicted molar refractivity (Wildman–Crippen MR) is 111 cm³/mol. The van der Waals surface area contributed by atoms with Crippen LogP contribution in [-0.2, 0) is 13.1 Å². The van der Waals surface area contributed by atoms with Gasteiger partial charge >= 0.3 is 6.03 Å². The number of amides is 2. The fourth-order valence-electron chi connectivity index (χ4n) is 3.06. The molecule has 0 spiro atoms. The van der Waals surface area contributed by atoms with Crippen LogP contribution in [0.2, 0.25) is 0 Å². The van der Waals surface area contributed by atoms with Gasteiger partial charge in [-0.1, -0.05) is 35.9 Å². The topological polar surface area (TPSA) is 37.3 Å². The standard InChI is InChI=1S/C23H26FN3O/c1-17(2)27(23(28)25-21-7-4-6-20(24)14-21)16-22-8-5-13-26(22)15-19-11-9-18(3)10-12-19/h4-14,17H,15-16H2,1-3H3,(H,25,28). The molecule has 3 rings (SSSR count). The van der Waals surface area contributed by atoms with Crippen molar-refractivity contribution in [2.24, 2.45) is 0 Å². The van der Waals surface area contributed by atoms with Gasteiger partial charge in [-0.05, 0) is 56.7 Å². The number of aryl methyl sites for hydroxylation is 1. The zero-order valence-electron chi connectivity index (χ0n) is 16.5. The first-order valence-corrected chi connectivity index (χ1v) is 9.45. The Kier molecular flexibility index (Phi) is 6.14. The van der Waals surface area contributed by atoms with Gasteiger partial charge in [0.25, 0.3) is 0 Å². The van der Waals surface area contributed by atoms with Crippen LogP contribution in [-0.4, -0.2) is 21.5 Å². The molecule has 0 unspecified atom stereocenters. The van der Waals surface area contributed by atoms with Crippen LogP contribution in [0.25, 0.3) is 0 Å². The van der Waals surface area contributed by atoms with Crippen molar-refractivity contribution in [1.29, 1.82) is 0 Å². The Bertz CT molecular complexity index is 931. The molecule has 28 heavy (non-hydrogen) atoms. The summed E-state index contributed by atoms with van der Waals surface area (Å²) in [6.07, 6.45) is 2.03. The molecule has 0 radical (unpaired) electrons. The molecule has 0 atom stereocenters. The number of benzene rings is 2. The molecule has 2 aromatic carbocycles. The average Bonchev–Trinajstić information content (AvgIpc) is 3.08. The lowest BCUT2D eigenvalue weighted by Gasteiger charge is -2.27. The highest BCUT2D eigenvalue weighted by Crippen LogP contribution is 2.16. The summed E-state index contributed by atoms with van der Waals surface area (Å²) in [5.74, 6) is -0.374. The van der Waals surface area contributed by atoms with Crippen LogP contribution in [0.15, 0.2) is 66.9 Å². The second kappa shape index (κ2) is 8.74. The third-order valence-electron chi connectivity index (χ3n) is 4.69. The molecule has 0 aliphatic carbocycles. The number of urea groups is 1. The van der Waals surface area contributed by atoms with Crippen molar-refractivity contribution in [3.05, 3.63) is 89.5 Å². The first-order chi connectivity index (χ1) is 13.4. The van der Waals surface area contributed by atoms with E-state index in [9.17, 15) is 9.18 Å². The molecule has 2 amide bonds. The lowest BCUT2D eigenvalue weighted by molar-refractivity contribution is 0.192. The van der Waals surface area contributed by atoms with E-state index in [1.54, 1.807) is 17.0 Å². The van der Waals surface area contributed by atoms with E-state index < -0.39 is 0 Å². The molecule has 146 valence electrons. The van der Waals surface area contributed by atoms with Gasteiger partial charge in [0.1, 0.15) is 5.82 Å². The average molecular weight is 379 g/mol. The van der Waals surface area contributed by atoms with Crippen molar-refractivity contribution in [3.63, 3.8) is 0 Å². The van der Waals surface area contributed by atoms with E-state index in [0.29, 0.717) is 12.2 Å². The normalized spacial score (nSPS) is 10.9. The van der Waals surface area contributed by atoms with Gasteiger partial charge in [0, 0.05) is 30.2 Å². The number of hydrogen-bond donors (Lipinski definition) is 1. The Morgan fingerprint density at radius 3 is 2.54 bits per heavy atom. The van der Waals surface area contributed by atoms with Gasteiger partial charge in [0.15, 0.2) is 0 Å². The van der Waals surface area contributed by atoms with Gasteiger partial charge in [0.2, 0.25) is 0 Å². The summed E-state index contributed by atoms with van der Waals surface area (Å²) in [6.45, 7) is 7.23.